The van der Waals surface area contributed by atoms with Crippen molar-refractivity contribution in [1.29, 1.82) is 0 Å². The molecule has 0 radical (unpaired) electrons. The number of rotatable bonds is 4. The average Bonchev–Trinajstić information content (AvgIpc) is 3.01. The molecule has 0 amide bonds. The van der Waals surface area contributed by atoms with Crippen molar-refractivity contribution in [2.24, 2.45) is 0 Å². The second-order valence-corrected chi connectivity index (χ2v) is 5.61. The largest absolute Gasteiger partial charge is 0.493 e. The predicted molar refractivity (Wildman–Crippen MR) is 84.9 cm³/mol. The first-order valence-electron chi connectivity index (χ1n) is 7.78. The van der Waals surface area contributed by atoms with E-state index in [-0.39, 0.29) is 0 Å². The highest BCUT2D eigenvalue weighted by atomic mass is 16.5. The molecule has 1 aliphatic rings. The molecular formula is C19H22O2. The van der Waals surface area contributed by atoms with E-state index in [0.717, 1.165) is 42.7 Å². The third-order valence-corrected chi connectivity index (χ3v) is 4.32. The SMILES string of the molecule is CCc1ccc(CC)c(C(O)c2ccc3c(c2)CCO3)c1. The summed E-state index contributed by atoms with van der Waals surface area (Å²) >= 11 is 0. The summed E-state index contributed by atoms with van der Waals surface area (Å²) in [5, 5.41) is 10.8. The molecule has 0 aromatic heterocycles. The van der Waals surface area contributed by atoms with Gasteiger partial charge in [0.25, 0.3) is 0 Å². The Labute approximate surface area is 126 Å². The van der Waals surface area contributed by atoms with Crippen LogP contribution < -0.4 is 4.74 Å². The lowest BCUT2D eigenvalue weighted by Crippen LogP contribution is -2.05. The number of aryl methyl sites for hydroxylation is 2. The van der Waals surface area contributed by atoms with Crippen molar-refractivity contribution in [2.75, 3.05) is 6.61 Å². The fraction of sp³-hybridized carbons (Fsp3) is 0.368. The Balaban J connectivity index is 1.99. The van der Waals surface area contributed by atoms with Gasteiger partial charge in [-0.25, -0.2) is 0 Å². The van der Waals surface area contributed by atoms with Gasteiger partial charge in [0, 0.05) is 6.42 Å². The smallest absolute Gasteiger partial charge is 0.122 e. The van der Waals surface area contributed by atoms with E-state index in [1.165, 1.54) is 16.7 Å². The summed E-state index contributed by atoms with van der Waals surface area (Å²) in [6.07, 6.45) is 2.30. The van der Waals surface area contributed by atoms with Crippen LogP contribution in [0.2, 0.25) is 0 Å². The number of hydrogen-bond donors (Lipinski definition) is 1. The van der Waals surface area contributed by atoms with Gasteiger partial charge in [0.1, 0.15) is 11.9 Å². The van der Waals surface area contributed by atoms with Gasteiger partial charge in [-0.3, -0.25) is 0 Å². The number of hydrogen-bond acceptors (Lipinski definition) is 2. The number of ether oxygens (including phenoxy) is 1. The van der Waals surface area contributed by atoms with Crippen molar-refractivity contribution in [3.8, 4) is 5.75 Å². The highest BCUT2D eigenvalue weighted by molar-refractivity contribution is 5.44. The van der Waals surface area contributed by atoms with Crippen LogP contribution >= 0.6 is 0 Å². The van der Waals surface area contributed by atoms with Crippen molar-refractivity contribution in [3.05, 3.63) is 64.2 Å². The standard InChI is InChI=1S/C19H22O2/c1-3-13-5-6-14(4-2)17(11-13)19(20)16-7-8-18-15(12-16)9-10-21-18/h5-8,11-12,19-20H,3-4,9-10H2,1-2H3. The molecule has 1 aliphatic heterocycles. The summed E-state index contributed by atoms with van der Waals surface area (Å²) in [7, 11) is 0. The normalized spacial score (nSPS) is 14.6. The molecule has 0 aliphatic carbocycles. The van der Waals surface area contributed by atoms with E-state index >= 15 is 0 Å². The van der Waals surface area contributed by atoms with E-state index in [1.807, 2.05) is 12.1 Å². The van der Waals surface area contributed by atoms with Crippen molar-refractivity contribution in [3.63, 3.8) is 0 Å². The van der Waals surface area contributed by atoms with Crippen LogP contribution in [0.4, 0.5) is 0 Å². The Hall–Kier alpha value is -1.80. The second kappa shape index (κ2) is 5.90. The Bertz CT molecular complexity index is 646. The minimum Gasteiger partial charge on any atom is -0.493 e. The molecule has 2 heteroatoms. The Morgan fingerprint density at radius 2 is 1.95 bits per heavy atom. The number of aliphatic hydroxyl groups is 1. The summed E-state index contributed by atoms with van der Waals surface area (Å²) in [5.74, 6) is 0.962. The fourth-order valence-corrected chi connectivity index (χ4v) is 3.00. The van der Waals surface area contributed by atoms with E-state index in [0.29, 0.717) is 0 Å². The third-order valence-electron chi connectivity index (χ3n) is 4.32. The van der Waals surface area contributed by atoms with Crippen LogP contribution in [0.5, 0.6) is 5.75 Å². The van der Waals surface area contributed by atoms with E-state index < -0.39 is 6.10 Å². The van der Waals surface area contributed by atoms with Crippen molar-refractivity contribution < 1.29 is 9.84 Å². The molecule has 0 saturated carbocycles. The van der Waals surface area contributed by atoms with E-state index in [4.69, 9.17) is 4.74 Å². The summed E-state index contributed by atoms with van der Waals surface area (Å²) in [6.45, 7) is 5.03. The molecule has 1 unspecified atom stereocenters. The number of fused-ring (bicyclic) bond motifs is 1. The Morgan fingerprint density at radius 3 is 2.71 bits per heavy atom. The Kier molecular flexibility index (Phi) is 3.98. The van der Waals surface area contributed by atoms with E-state index in [9.17, 15) is 5.11 Å². The predicted octanol–water partition coefficient (Wildman–Crippen LogP) is 3.83. The molecule has 2 nitrogen and oxygen atoms in total. The minimum atomic E-state index is -0.558. The summed E-state index contributed by atoms with van der Waals surface area (Å²) in [6, 6.07) is 12.5. The van der Waals surface area contributed by atoms with Gasteiger partial charge in [0.15, 0.2) is 0 Å². The molecule has 1 atom stereocenters. The first kappa shape index (κ1) is 14.2. The van der Waals surface area contributed by atoms with Gasteiger partial charge >= 0.3 is 0 Å². The monoisotopic (exact) mass is 282 g/mol. The second-order valence-electron chi connectivity index (χ2n) is 5.61. The van der Waals surface area contributed by atoms with Gasteiger partial charge in [-0.1, -0.05) is 38.1 Å². The number of aliphatic hydroxyl groups excluding tert-OH is 1. The Morgan fingerprint density at radius 1 is 1.10 bits per heavy atom. The quantitative estimate of drug-likeness (QED) is 0.923. The molecule has 2 aromatic rings. The van der Waals surface area contributed by atoms with E-state index in [1.54, 1.807) is 0 Å². The molecule has 0 bridgehead atoms. The fourth-order valence-electron chi connectivity index (χ4n) is 3.00. The van der Waals surface area contributed by atoms with Crippen LogP contribution in [-0.2, 0) is 19.3 Å². The van der Waals surface area contributed by atoms with Crippen LogP contribution in [0.15, 0.2) is 36.4 Å². The summed E-state index contributed by atoms with van der Waals surface area (Å²) in [4.78, 5) is 0. The van der Waals surface area contributed by atoms with Crippen LogP contribution in [-0.4, -0.2) is 11.7 Å². The minimum absolute atomic E-state index is 0.558. The number of benzene rings is 2. The maximum Gasteiger partial charge on any atom is 0.122 e. The first-order chi connectivity index (χ1) is 10.2. The van der Waals surface area contributed by atoms with Gasteiger partial charge in [0.2, 0.25) is 0 Å². The molecule has 3 rings (SSSR count). The summed E-state index contributed by atoms with van der Waals surface area (Å²) in [5.41, 5.74) is 5.69. The van der Waals surface area contributed by atoms with Crippen LogP contribution in [0.25, 0.3) is 0 Å². The van der Waals surface area contributed by atoms with Crippen molar-refractivity contribution >= 4 is 0 Å². The molecule has 21 heavy (non-hydrogen) atoms. The van der Waals surface area contributed by atoms with Crippen LogP contribution in [0, 0.1) is 0 Å². The maximum atomic E-state index is 10.8. The molecule has 0 fully saturated rings. The average molecular weight is 282 g/mol. The highest BCUT2D eigenvalue weighted by Gasteiger charge is 2.18. The van der Waals surface area contributed by atoms with Gasteiger partial charge in [0.05, 0.1) is 6.61 Å². The lowest BCUT2D eigenvalue weighted by Gasteiger charge is -2.17. The molecular weight excluding hydrogens is 260 g/mol. The van der Waals surface area contributed by atoms with Crippen molar-refractivity contribution in [1.82, 2.24) is 0 Å². The van der Waals surface area contributed by atoms with Crippen molar-refractivity contribution in [2.45, 2.75) is 39.2 Å². The summed E-state index contributed by atoms with van der Waals surface area (Å²) < 4.78 is 5.54. The maximum absolute atomic E-state index is 10.8. The third kappa shape index (κ3) is 2.68. The lowest BCUT2D eigenvalue weighted by atomic mass is 9.92. The van der Waals surface area contributed by atoms with Gasteiger partial charge < -0.3 is 9.84 Å². The van der Waals surface area contributed by atoms with Crippen LogP contribution in [0.1, 0.15) is 47.8 Å². The van der Waals surface area contributed by atoms with Gasteiger partial charge in [-0.15, -0.1) is 0 Å². The zero-order chi connectivity index (χ0) is 14.8. The zero-order valence-electron chi connectivity index (χ0n) is 12.7. The molecule has 110 valence electrons. The molecule has 2 aromatic carbocycles. The molecule has 1 N–H and O–H groups in total. The highest BCUT2D eigenvalue weighted by Crippen LogP contribution is 2.32. The lowest BCUT2D eigenvalue weighted by molar-refractivity contribution is 0.219. The molecule has 0 saturated heterocycles. The van der Waals surface area contributed by atoms with Gasteiger partial charge in [-0.2, -0.15) is 0 Å². The van der Waals surface area contributed by atoms with Crippen LogP contribution in [0.3, 0.4) is 0 Å². The first-order valence-corrected chi connectivity index (χ1v) is 7.78. The zero-order valence-corrected chi connectivity index (χ0v) is 12.7. The van der Waals surface area contributed by atoms with Gasteiger partial charge in [-0.05, 0) is 52.8 Å². The topological polar surface area (TPSA) is 29.5 Å². The molecule has 0 spiro atoms. The molecule has 1 heterocycles. The van der Waals surface area contributed by atoms with E-state index in [2.05, 4.69) is 38.1 Å².